The molecule has 0 saturated carbocycles. The highest BCUT2D eigenvalue weighted by atomic mass is 16.4. The van der Waals surface area contributed by atoms with Gasteiger partial charge in [-0.25, -0.2) is 4.98 Å². The Labute approximate surface area is 184 Å². The van der Waals surface area contributed by atoms with E-state index in [1.807, 2.05) is 42.0 Å². The largest absolute Gasteiger partial charge is 0.481 e. The first kappa shape index (κ1) is 19.8. The first-order valence-corrected chi connectivity index (χ1v) is 10.4. The number of hydrogen-bond donors (Lipinski definition) is 1. The molecule has 0 saturated heterocycles. The molecule has 0 spiro atoms. The molecule has 0 radical (unpaired) electrons. The van der Waals surface area contributed by atoms with Crippen molar-refractivity contribution < 1.29 is 14.7 Å². The number of nitrogens with zero attached hydrogens (tertiary/aromatic N) is 3. The highest BCUT2D eigenvalue weighted by Gasteiger charge is 2.16. The van der Waals surface area contributed by atoms with Gasteiger partial charge in [-0.3, -0.25) is 9.59 Å². The number of rotatable bonds is 6. The molecule has 3 aromatic carbocycles. The second-order valence-electron chi connectivity index (χ2n) is 7.92. The average Bonchev–Trinajstić information content (AvgIpc) is 3.44. The van der Waals surface area contributed by atoms with Crippen molar-refractivity contribution in [1.82, 2.24) is 14.1 Å². The second kappa shape index (κ2) is 7.81. The minimum atomic E-state index is -0.809. The van der Waals surface area contributed by atoms with Crippen LogP contribution in [0, 0.1) is 6.92 Å². The molecule has 1 N–H and O–H groups in total. The number of aryl methyl sites for hydroxylation is 2. The topological polar surface area (TPSA) is 77.1 Å². The highest BCUT2D eigenvalue weighted by Crippen LogP contribution is 2.35. The van der Waals surface area contributed by atoms with E-state index in [-0.39, 0.29) is 6.42 Å². The van der Waals surface area contributed by atoms with E-state index in [2.05, 4.69) is 39.9 Å². The van der Waals surface area contributed by atoms with E-state index in [0.29, 0.717) is 12.0 Å². The Bertz CT molecular complexity index is 1480. The summed E-state index contributed by atoms with van der Waals surface area (Å²) in [5.74, 6) is -0.809. The molecule has 158 valence electrons. The number of carbonyl (C=O) groups excluding carboxylic acids is 1. The Morgan fingerprint density at radius 2 is 1.91 bits per heavy atom. The molecule has 0 aliphatic carbocycles. The van der Waals surface area contributed by atoms with Crippen LogP contribution in [0.5, 0.6) is 0 Å². The molecule has 0 fully saturated rings. The van der Waals surface area contributed by atoms with Gasteiger partial charge in [0.25, 0.3) is 0 Å². The van der Waals surface area contributed by atoms with Crippen LogP contribution in [0.4, 0.5) is 0 Å². The fourth-order valence-electron chi connectivity index (χ4n) is 4.30. The zero-order valence-corrected chi connectivity index (χ0v) is 17.5. The number of benzene rings is 3. The number of carboxylic acids is 1. The van der Waals surface area contributed by atoms with Crippen molar-refractivity contribution in [1.29, 1.82) is 0 Å². The van der Waals surface area contributed by atoms with Gasteiger partial charge >= 0.3 is 5.97 Å². The predicted molar refractivity (Wildman–Crippen MR) is 124 cm³/mol. The minimum absolute atomic E-state index is 0.0869. The summed E-state index contributed by atoms with van der Waals surface area (Å²) >= 11 is 0. The average molecular weight is 423 g/mol. The Morgan fingerprint density at radius 3 is 2.62 bits per heavy atom. The molecule has 2 heterocycles. The van der Waals surface area contributed by atoms with E-state index < -0.39 is 5.97 Å². The minimum Gasteiger partial charge on any atom is -0.481 e. The molecular weight excluding hydrogens is 402 g/mol. The van der Waals surface area contributed by atoms with Gasteiger partial charge in [0.2, 0.25) is 0 Å². The van der Waals surface area contributed by atoms with Crippen LogP contribution in [0.15, 0.2) is 73.3 Å². The molecule has 0 unspecified atom stereocenters. The third kappa shape index (κ3) is 3.36. The van der Waals surface area contributed by atoms with Crippen molar-refractivity contribution in [3.05, 3.63) is 90.0 Å². The number of hydrogen-bond acceptors (Lipinski definition) is 3. The Balaban J connectivity index is 1.79. The Morgan fingerprint density at radius 1 is 1.03 bits per heavy atom. The zero-order valence-electron chi connectivity index (χ0n) is 17.5. The maximum atomic E-state index is 11.2. The maximum Gasteiger partial charge on any atom is 0.303 e. The number of carboxylic acid groups (broad SMARTS) is 1. The Hall–Kier alpha value is -4.19. The van der Waals surface area contributed by atoms with Crippen LogP contribution in [-0.2, 0) is 11.2 Å². The van der Waals surface area contributed by atoms with Crippen molar-refractivity contribution in [2.75, 3.05) is 0 Å². The molecule has 5 aromatic rings. The molecule has 32 heavy (non-hydrogen) atoms. The van der Waals surface area contributed by atoms with Crippen molar-refractivity contribution in [3.8, 4) is 11.4 Å². The van der Waals surface area contributed by atoms with E-state index in [1.165, 1.54) is 0 Å². The van der Waals surface area contributed by atoms with Gasteiger partial charge < -0.3 is 14.2 Å². The quantitative estimate of drug-likeness (QED) is 0.385. The fraction of sp³-hybridized carbons (Fsp3) is 0.115. The summed E-state index contributed by atoms with van der Waals surface area (Å²) in [4.78, 5) is 26.5. The first-order chi connectivity index (χ1) is 15.5. The normalized spacial score (nSPS) is 11.3. The number of aldehydes is 1. The van der Waals surface area contributed by atoms with Crippen LogP contribution >= 0.6 is 0 Å². The summed E-state index contributed by atoms with van der Waals surface area (Å²) in [6, 6.07) is 18.1. The van der Waals surface area contributed by atoms with Gasteiger partial charge in [-0.05, 0) is 66.9 Å². The lowest BCUT2D eigenvalue weighted by Gasteiger charge is -2.12. The molecular formula is C26H21N3O3. The summed E-state index contributed by atoms with van der Waals surface area (Å²) < 4.78 is 4.16. The van der Waals surface area contributed by atoms with Crippen molar-refractivity contribution in [3.63, 3.8) is 0 Å². The molecule has 6 nitrogen and oxygen atoms in total. The second-order valence-corrected chi connectivity index (χ2v) is 7.92. The third-order valence-corrected chi connectivity index (χ3v) is 5.84. The number of aromatic nitrogens is 3. The summed E-state index contributed by atoms with van der Waals surface area (Å²) in [5, 5.41) is 11.3. The van der Waals surface area contributed by atoms with Crippen LogP contribution < -0.4 is 0 Å². The Kier molecular flexibility index (Phi) is 4.82. The van der Waals surface area contributed by atoms with Gasteiger partial charge in [0.05, 0.1) is 17.4 Å². The van der Waals surface area contributed by atoms with E-state index in [0.717, 1.165) is 50.6 Å². The first-order valence-electron chi connectivity index (χ1n) is 10.4. The van der Waals surface area contributed by atoms with Crippen LogP contribution in [0.25, 0.3) is 33.2 Å². The van der Waals surface area contributed by atoms with Crippen LogP contribution in [0.1, 0.15) is 27.9 Å². The fourth-order valence-corrected chi connectivity index (χ4v) is 4.30. The SMILES string of the molecule is Cc1cc(C=O)ccc1-n1c2ccc(-n3ccnc3)cc2c2ccc(CCC(=O)O)cc21. The number of carbonyl (C=O) groups is 2. The number of aliphatic carboxylic acids is 1. The molecule has 0 amide bonds. The van der Waals surface area contributed by atoms with Gasteiger partial charge in [-0.2, -0.15) is 0 Å². The molecule has 0 aliphatic heterocycles. The number of imidazole rings is 1. The summed E-state index contributed by atoms with van der Waals surface area (Å²) in [6.07, 6.45) is 6.84. The van der Waals surface area contributed by atoms with Crippen molar-refractivity contribution in [2.45, 2.75) is 19.8 Å². The predicted octanol–water partition coefficient (Wildman–Crippen LogP) is 5.11. The van der Waals surface area contributed by atoms with Gasteiger partial charge in [0, 0.05) is 46.5 Å². The van der Waals surface area contributed by atoms with Crippen LogP contribution in [-0.4, -0.2) is 31.5 Å². The lowest BCUT2D eigenvalue weighted by Crippen LogP contribution is -2.00. The number of fused-ring (bicyclic) bond motifs is 3. The highest BCUT2D eigenvalue weighted by molar-refractivity contribution is 6.10. The molecule has 2 aromatic heterocycles. The van der Waals surface area contributed by atoms with E-state index in [9.17, 15) is 9.59 Å². The lowest BCUT2D eigenvalue weighted by atomic mass is 10.1. The van der Waals surface area contributed by atoms with Crippen LogP contribution in [0.3, 0.4) is 0 Å². The molecule has 0 bridgehead atoms. The summed E-state index contributed by atoms with van der Waals surface area (Å²) in [5.41, 5.74) is 6.65. The molecule has 6 heteroatoms. The summed E-state index contributed by atoms with van der Waals surface area (Å²) in [7, 11) is 0. The lowest BCUT2D eigenvalue weighted by molar-refractivity contribution is -0.136. The van der Waals surface area contributed by atoms with Gasteiger partial charge in [0.15, 0.2) is 0 Å². The van der Waals surface area contributed by atoms with Gasteiger partial charge in [-0.15, -0.1) is 0 Å². The molecule has 0 aliphatic rings. The van der Waals surface area contributed by atoms with E-state index in [1.54, 1.807) is 12.5 Å². The zero-order chi connectivity index (χ0) is 22.2. The van der Waals surface area contributed by atoms with E-state index in [4.69, 9.17) is 5.11 Å². The van der Waals surface area contributed by atoms with Crippen molar-refractivity contribution in [2.24, 2.45) is 0 Å². The third-order valence-electron chi connectivity index (χ3n) is 5.84. The van der Waals surface area contributed by atoms with E-state index >= 15 is 0 Å². The monoisotopic (exact) mass is 423 g/mol. The maximum absolute atomic E-state index is 11.2. The molecule has 5 rings (SSSR count). The van der Waals surface area contributed by atoms with Gasteiger partial charge in [0.1, 0.15) is 6.29 Å². The summed E-state index contributed by atoms with van der Waals surface area (Å²) in [6.45, 7) is 1.99. The van der Waals surface area contributed by atoms with Crippen LogP contribution in [0.2, 0.25) is 0 Å². The standard InChI is InChI=1S/C26H21N3O3/c1-17-12-19(15-30)3-7-23(17)29-24-8-5-20(28-11-10-27-16-28)14-22(24)21-6-2-18(13-25(21)29)4-9-26(31)32/h2-3,5-8,10-16H,4,9H2,1H3,(H,31,32). The van der Waals surface area contributed by atoms with Gasteiger partial charge in [-0.1, -0.05) is 12.1 Å². The molecule has 0 atom stereocenters. The van der Waals surface area contributed by atoms with Crippen molar-refractivity contribution >= 4 is 34.1 Å². The smallest absolute Gasteiger partial charge is 0.303 e.